The molecule has 6 nitrogen and oxygen atoms in total. The molecule has 1 aliphatic rings. The largest absolute Gasteiger partial charge is 0.507 e. The lowest BCUT2D eigenvalue weighted by Crippen LogP contribution is -2.53. The average Bonchev–Trinajstić information content (AvgIpc) is 3.35. The lowest BCUT2D eigenvalue weighted by Gasteiger charge is -2.41. The van der Waals surface area contributed by atoms with Crippen LogP contribution >= 0.6 is 11.3 Å². The molecule has 0 saturated carbocycles. The summed E-state index contributed by atoms with van der Waals surface area (Å²) in [7, 11) is 0. The van der Waals surface area contributed by atoms with Crippen LogP contribution in [0.15, 0.2) is 48.1 Å². The van der Waals surface area contributed by atoms with Crippen molar-refractivity contribution in [2.75, 3.05) is 0 Å². The minimum atomic E-state index is -0.0821. The van der Waals surface area contributed by atoms with Crippen LogP contribution in [0.25, 0.3) is 38.2 Å². The molecule has 5 rings (SSSR count). The van der Waals surface area contributed by atoms with Crippen molar-refractivity contribution in [1.29, 1.82) is 0 Å². The van der Waals surface area contributed by atoms with E-state index in [1.807, 2.05) is 18.2 Å². The smallest absolute Gasteiger partial charge is 0.125 e. The number of nitrogens with zero attached hydrogens (tertiary/aromatic N) is 3. The van der Waals surface area contributed by atoms with Crippen molar-refractivity contribution in [1.82, 2.24) is 25.7 Å². The summed E-state index contributed by atoms with van der Waals surface area (Å²) in [5.41, 5.74) is 6.45. The van der Waals surface area contributed by atoms with Crippen LogP contribution in [0.2, 0.25) is 0 Å². The molecule has 3 N–H and O–H groups in total. The number of phenolic OH excluding ortho intramolecular Hbond substituents is 1. The van der Waals surface area contributed by atoms with Gasteiger partial charge in [-0.3, -0.25) is 5.10 Å². The van der Waals surface area contributed by atoms with Crippen molar-refractivity contribution in [2.45, 2.75) is 45.2 Å². The number of aromatic nitrogens is 4. The first-order valence-electron chi connectivity index (χ1n) is 10.3. The third-order valence-electron chi connectivity index (χ3n) is 5.60. The SMILES string of the molecule is CC1(C)C=C(c2csc3cc(-c4ccc(-c5cn[nH]c5)cc4O)nnc23)CC(C)(C)N1. The van der Waals surface area contributed by atoms with E-state index >= 15 is 0 Å². The van der Waals surface area contributed by atoms with E-state index in [0.29, 0.717) is 11.3 Å². The Morgan fingerprint density at radius 1 is 1.03 bits per heavy atom. The van der Waals surface area contributed by atoms with Gasteiger partial charge >= 0.3 is 0 Å². The standard InChI is InChI=1S/C24H25N5OS/c1-23(2)9-15(10-24(3,4)29-23)18-13-31-21-8-19(27-28-22(18)21)17-6-5-14(7-20(17)30)16-11-25-26-12-16/h5-9,11-13,29-30H,10H2,1-4H3,(H,25,26). The molecule has 0 saturated heterocycles. The van der Waals surface area contributed by atoms with Crippen LogP contribution in [0, 0.1) is 0 Å². The van der Waals surface area contributed by atoms with Crippen molar-refractivity contribution >= 4 is 27.1 Å². The molecular weight excluding hydrogens is 406 g/mol. The Balaban J connectivity index is 1.53. The van der Waals surface area contributed by atoms with E-state index in [-0.39, 0.29) is 16.8 Å². The lowest BCUT2D eigenvalue weighted by molar-refractivity contribution is 0.297. The van der Waals surface area contributed by atoms with E-state index in [1.165, 1.54) is 5.57 Å². The van der Waals surface area contributed by atoms with Crippen LogP contribution in [0.5, 0.6) is 5.75 Å². The second kappa shape index (κ2) is 7.00. The number of hydrogen-bond acceptors (Lipinski definition) is 6. The Morgan fingerprint density at radius 2 is 1.87 bits per heavy atom. The number of hydrogen-bond donors (Lipinski definition) is 3. The minimum absolute atomic E-state index is 0.0116. The fourth-order valence-electron chi connectivity index (χ4n) is 4.61. The molecule has 31 heavy (non-hydrogen) atoms. The summed E-state index contributed by atoms with van der Waals surface area (Å²) in [5.74, 6) is 0.175. The van der Waals surface area contributed by atoms with E-state index in [9.17, 15) is 5.11 Å². The van der Waals surface area contributed by atoms with Gasteiger partial charge in [0.15, 0.2) is 0 Å². The van der Waals surface area contributed by atoms with Crippen LogP contribution < -0.4 is 5.32 Å². The zero-order valence-corrected chi connectivity index (χ0v) is 18.8. The Bertz CT molecular complexity index is 1300. The number of rotatable bonds is 3. The number of nitrogens with one attached hydrogen (secondary N) is 2. The van der Waals surface area contributed by atoms with Gasteiger partial charge in [-0.15, -0.1) is 21.5 Å². The zero-order chi connectivity index (χ0) is 21.8. The Morgan fingerprint density at radius 3 is 2.58 bits per heavy atom. The van der Waals surface area contributed by atoms with E-state index < -0.39 is 0 Å². The highest BCUT2D eigenvalue weighted by atomic mass is 32.1. The molecule has 0 unspecified atom stereocenters. The number of aromatic hydroxyl groups is 1. The highest BCUT2D eigenvalue weighted by Crippen LogP contribution is 2.39. The van der Waals surface area contributed by atoms with Gasteiger partial charge in [0.05, 0.1) is 16.6 Å². The maximum absolute atomic E-state index is 10.6. The van der Waals surface area contributed by atoms with E-state index in [0.717, 1.165) is 33.3 Å². The fourth-order valence-corrected chi connectivity index (χ4v) is 5.56. The maximum atomic E-state index is 10.6. The average molecular weight is 432 g/mol. The Hall–Kier alpha value is -3.03. The second-order valence-corrected chi connectivity index (χ2v) is 10.3. The van der Waals surface area contributed by atoms with Gasteiger partial charge in [0, 0.05) is 39.3 Å². The summed E-state index contributed by atoms with van der Waals surface area (Å²) in [6.45, 7) is 8.86. The van der Waals surface area contributed by atoms with Crippen LogP contribution in [-0.4, -0.2) is 36.6 Å². The maximum Gasteiger partial charge on any atom is 0.125 e. The molecule has 7 heteroatoms. The molecule has 1 aromatic carbocycles. The van der Waals surface area contributed by atoms with Gasteiger partial charge in [0.1, 0.15) is 11.3 Å². The first kappa shape index (κ1) is 19.9. The van der Waals surface area contributed by atoms with E-state index in [4.69, 9.17) is 0 Å². The van der Waals surface area contributed by atoms with Gasteiger partial charge in [-0.25, -0.2) is 0 Å². The molecule has 3 aromatic heterocycles. The molecule has 1 aliphatic heterocycles. The molecule has 0 spiro atoms. The van der Waals surface area contributed by atoms with Gasteiger partial charge < -0.3 is 10.4 Å². The molecule has 0 atom stereocenters. The third-order valence-corrected chi connectivity index (χ3v) is 6.52. The van der Waals surface area contributed by atoms with Crippen molar-refractivity contribution in [3.05, 3.63) is 53.7 Å². The lowest BCUT2D eigenvalue weighted by atomic mass is 9.81. The Labute approximate surface area is 185 Å². The first-order valence-corrected chi connectivity index (χ1v) is 11.2. The number of benzene rings is 1. The molecular formula is C24H25N5OS. The molecule has 0 radical (unpaired) electrons. The second-order valence-electron chi connectivity index (χ2n) is 9.39. The molecule has 0 fully saturated rings. The molecule has 0 amide bonds. The number of phenols is 1. The quantitative estimate of drug-likeness (QED) is 0.405. The summed E-state index contributed by atoms with van der Waals surface area (Å²) in [4.78, 5) is 0. The number of aromatic amines is 1. The molecule has 4 aromatic rings. The summed E-state index contributed by atoms with van der Waals surface area (Å²) < 4.78 is 1.06. The monoisotopic (exact) mass is 431 g/mol. The fraction of sp³-hybridized carbons (Fsp3) is 0.292. The summed E-state index contributed by atoms with van der Waals surface area (Å²) >= 11 is 1.67. The van der Waals surface area contributed by atoms with Crippen molar-refractivity contribution in [2.24, 2.45) is 0 Å². The highest BCUT2D eigenvalue weighted by Gasteiger charge is 2.33. The predicted octanol–water partition coefficient (Wildman–Crippen LogP) is 5.39. The summed E-state index contributed by atoms with van der Waals surface area (Å²) in [6, 6.07) is 7.58. The highest BCUT2D eigenvalue weighted by molar-refractivity contribution is 7.17. The molecule has 0 bridgehead atoms. The Kier molecular flexibility index (Phi) is 4.50. The van der Waals surface area contributed by atoms with Crippen molar-refractivity contribution < 1.29 is 5.11 Å². The van der Waals surface area contributed by atoms with Gasteiger partial charge in [0.25, 0.3) is 0 Å². The van der Waals surface area contributed by atoms with Crippen LogP contribution in [0.3, 0.4) is 0 Å². The normalized spacial score (nSPS) is 17.6. The van der Waals surface area contributed by atoms with Crippen molar-refractivity contribution in [3.8, 4) is 28.1 Å². The zero-order valence-electron chi connectivity index (χ0n) is 18.0. The summed E-state index contributed by atoms with van der Waals surface area (Å²) in [5, 5.41) is 32.3. The topological polar surface area (TPSA) is 86.7 Å². The molecule has 0 aliphatic carbocycles. The van der Waals surface area contributed by atoms with Crippen LogP contribution in [0.4, 0.5) is 0 Å². The molecule has 4 heterocycles. The predicted molar refractivity (Wildman–Crippen MR) is 126 cm³/mol. The van der Waals surface area contributed by atoms with Gasteiger partial charge in [-0.2, -0.15) is 5.10 Å². The van der Waals surface area contributed by atoms with E-state index in [1.54, 1.807) is 29.8 Å². The van der Waals surface area contributed by atoms with Gasteiger partial charge in [-0.1, -0.05) is 12.1 Å². The number of H-pyrrole nitrogens is 1. The molecule has 158 valence electrons. The van der Waals surface area contributed by atoms with Crippen LogP contribution in [-0.2, 0) is 0 Å². The van der Waals surface area contributed by atoms with E-state index in [2.05, 4.69) is 64.9 Å². The van der Waals surface area contributed by atoms with Gasteiger partial charge in [-0.05, 0) is 63.5 Å². The van der Waals surface area contributed by atoms with Gasteiger partial charge in [0.2, 0.25) is 0 Å². The minimum Gasteiger partial charge on any atom is -0.507 e. The summed E-state index contributed by atoms with van der Waals surface area (Å²) in [6.07, 6.45) is 6.76. The first-order chi connectivity index (χ1) is 14.7. The number of fused-ring (bicyclic) bond motifs is 1. The van der Waals surface area contributed by atoms with Crippen molar-refractivity contribution in [3.63, 3.8) is 0 Å². The third kappa shape index (κ3) is 3.75. The van der Waals surface area contributed by atoms with Crippen LogP contribution in [0.1, 0.15) is 39.7 Å². The number of thiophene rings is 1.